The second-order valence-electron chi connectivity index (χ2n) is 6.69. The molecule has 0 N–H and O–H groups in total. The van der Waals surface area contributed by atoms with E-state index in [-0.39, 0.29) is 11.6 Å². The fraction of sp³-hybridized carbons (Fsp3) is 0.350. The molecule has 1 fully saturated rings. The molecule has 1 aliphatic heterocycles. The van der Waals surface area contributed by atoms with Crippen molar-refractivity contribution in [3.8, 4) is 5.75 Å². The molecular weight excluding hydrogens is 382 g/mol. The summed E-state index contributed by atoms with van der Waals surface area (Å²) in [6.07, 6.45) is 0. The fourth-order valence-electron chi connectivity index (χ4n) is 3.17. The normalized spacial score (nSPS) is 14.7. The summed E-state index contributed by atoms with van der Waals surface area (Å²) in [5, 5.41) is 11.6. The van der Waals surface area contributed by atoms with Gasteiger partial charge in [-0.15, -0.1) is 0 Å². The molecule has 0 aromatic heterocycles. The zero-order chi connectivity index (χ0) is 20.1. The summed E-state index contributed by atoms with van der Waals surface area (Å²) < 4.78 is 5.72. The van der Waals surface area contributed by atoms with Crippen LogP contribution >= 0.6 is 11.6 Å². The number of nitrogens with zero attached hydrogens (tertiary/aromatic N) is 3. The lowest BCUT2D eigenvalue weighted by atomic mass is 10.1. The standard InChI is InChI=1S/C20H22ClN3O4/c1-15-14-16(2-7-19(15)24(26)27)20(25)23-10-8-22(9-11-23)12-13-28-18-5-3-17(21)4-6-18/h2-7,14H,8-13H2,1H3. The second-order valence-corrected chi connectivity index (χ2v) is 7.13. The number of carbonyl (C=O) groups is 1. The predicted octanol–water partition coefficient (Wildman–Crippen LogP) is 3.39. The first-order valence-corrected chi connectivity index (χ1v) is 9.47. The average Bonchev–Trinajstić information content (AvgIpc) is 2.69. The largest absolute Gasteiger partial charge is 0.492 e. The Morgan fingerprint density at radius 2 is 1.82 bits per heavy atom. The maximum absolute atomic E-state index is 12.7. The molecule has 3 rings (SSSR count). The molecule has 0 aliphatic carbocycles. The second kappa shape index (κ2) is 9.03. The lowest BCUT2D eigenvalue weighted by molar-refractivity contribution is -0.385. The van der Waals surface area contributed by atoms with Crippen molar-refractivity contribution in [3.63, 3.8) is 0 Å². The maximum Gasteiger partial charge on any atom is 0.272 e. The number of piperazine rings is 1. The molecule has 2 aromatic carbocycles. The van der Waals surface area contributed by atoms with E-state index in [9.17, 15) is 14.9 Å². The molecule has 1 aliphatic rings. The van der Waals surface area contributed by atoms with Gasteiger partial charge in [-0.1, -0.05) is 11.6 Å². The van der Waals surface area contributed by atoms with E-state index >= 15 is 0 Å². The minimum absolute atomic E-state index is 0.0297. The third-order valence-electron chi connectivity index (χ3n) is 4.79. The van der Waals surface area contributed by atoms with Crippen molar-refractivity contribution < 1.29 is 14.5 Å². The fourth-order valence-corrected chi connectivity index (χ4v) is 3.30. The first-order chi connectivity index (χ1) is 13.4. The van der Waals surface area contributed by atoms with E-state index < -0.39 is 4.92 Å². The van der Waals surface area contributed by atoms with Crippen molar-refractivity contribution in [1.29, 1.82) is 0 Å². The zero-order valence-electron chi connectivity index (χ0n) is 15.6. The number of amides is 1. The Labute approximate surface area is 168 Å². The van der Waals surface area contributed by atoms with Crippen LogP contribution in [0, 0.1) is 17.0 Å². The third kappa shape index (κ3) is 4.99. The summed E-state index contributed by atoms with van der Waals surface area (Å²) in [5.74, 6) is 0.696. The zero-order valence-corrected chi connectivity index (χ0v) is 16.4. The lowest BCUT2D eigenvalue weighted by Crippen LogP contribution is -2.49. The first kappa shape index (κ1) is 20.1. The van der Waals surface area contributed by atoms with Gasteiger partial charge in [0.1, 0.15) is 12.4 Å². The number of hydrogen-bond acceptors (Lipinski definition) is 5. The number of rotatable bonds is 6. The van der Waals surface area contributed by atoms with Gasteiger partial charge >= 0.3 is 0 Å². The van der Waals surface area contributed by atoms with Crippen LogP contribution in [-0.4, -0.2) is 60.0 Å². The number of ether oxygens (including phenoxy) is 1. The number of nitro groups is 1. The molecule has 1 amide bonds. The molecule has 0 atom stereocenters. The van der Waals surface area contributed by atoms with Crippen LogP contribution in [0.1, 0.15) is 15.9 Å². The van der Waals surface area contributed by atoms with Gasteiger partial charge in [0.2, 0.25) is 0 Å². The monoisotopic (exact) mass is 403 g/mol. The summed E-state index contributed by atoms with van der Waals surface area (Å²) in [6.45, 7) is 5.76. The van der Waals surface area contributed by atoms with Gasteiger partial charge in [0.05, 0.1) is 4.92 Å². The Hall–Kier alpha value is -2.64. The van der Waals surface area contributed by atoms with Gasteiger partial charge in [-0.05, 0) is 43.3 Å². The Morgan fingerprint density at radius 3 is 2.43 bits per heavy atom. The molecule has 0 unspecified atom stereocenters. The van der Waals surface area contributed by atoms with Crippen LogP contribution in [0.5, 0.6) is 5.75 Å². The van der Waals surface area contributed by atoms with Gasteiger partial charge < -0.3 is 9.64 Å². The SMILES string of the molecule is Cc1cc(C(=O)N2CCN(CCOc3ccc(Cl)cc3)CC2)ccc1[N+](=O)[O-]. The molecule has 1 heterocycles. The van der Waals surface area contributed by atoms with Gasteiger partial charge in [-0.3, -0.25) is 19.8 Å². The number of hydrogen-bond donors (Lipinski definition) is 0. The molecule has 28 heavy (non-hydrogen) atoms. The Balaban J connectivity index is 1.46. The smallest absolute Gasteiger partial charge is 0.272 e. The van der Waals surface area contributed by atoms with Crippen molar-refractivity contribution in [2.45, 2.75) is 6.92 Å². The van der Waals surface area contributed by atoms with Crippen molar-refractivity contribution in [2.24, 2.45) is 0 Å². The number of aryl methyl sites for hydroxylation is 1. The van der Waals surface area contributed by atoms with Crippen LogP contribution in [0.2, 0.25) is 5.02 Å². The van der Waals surface area contributed by atoms with Crippen molar-refractivity contribution >= 4 is 23.2 Å². The van der Waals surface area contributed by atoms with E-state index in [4.69, 9.17) is 16.3 Å². The summed E-state index contributed by atoms with van der Waals surface area (Å²) in [4.78, 5) is 27.2. The third-order valence-corrected chi connectivity index (χ3v) is 5.04. The molecule has 0 radical (unpaired) electrons. The van der Waals surface area contributed by atoms with Crippen LogP contribution in [0.3, 0.4) is 0 Å². The highest BCUT2D eigenvalue weighted by Crippen LogP contribution is 2.20. The quantitative estimate of drug-likeness (QED) is 0.545. The topological polar surface area (TPSA) is 75.9 Å². The van der Waals surface area contributed by atoms with Crippen molar-refractivity contribution in [1.82, 2.24) is 9.80 Å². The summed E-state index contributed by atoms with van der Waals surface area (Å²) in [5.41, 5.74) is 1.01. The highest BCUT2D eigenvalue weighted by molar-refractivity contribution is 6.30. The molecular formula is C20H22ClN3O4. The molecule has 0 saturated carbocycles. The summed E-state index contributed by atoms with van der Waals surface area (Å²) in [7, 11) is 0. The van der Waals surface area contributed by atoms with Gasteiger partial charge in [-0.25, -0.2) is 0 Å². The van der Waals surface area contributed by atoms with Crippen LogP contribution in [0.25, 0.3) is 0 Å². The van der Waals surface area contributed by atoms with Crippen LogP contribution < -0.4 is 4.74 Å². The Morgan fingerprint density at radius 1 is 1.14 bits per heavy atom. The highest BCUT2D eigenvalue weighted by atomic mass is 35.5. The highest BCUT2D eigenvalue weighted by Gasteiger charge is 2.23. The average molecular weight is 404 g/mol. The first-order valence-electron chi connectivity index (χ1n) is 9.09. The van der Waals surface area contributed by atoms with Gasteiger partial charge in [0.25, 0.3) is 11.6 Å². The molecule has 0 bridgehead atoms. The van der Waals surface area contributed by atoms with E-state index in [0.29, 0.717) is 35.8 Å². The van der Waals surface area contributed by atoms with E-state index in [1.807, 2.05) is 12.1 Å². The van der Waals surface area contributed by atoms with Crippen LogP contribution in [0.15, 0.2) is 42.5 Å². The Kier molecular flexibility index (Phi) is 6.49. The van der Waals surface area contributed by atoms with Crippen LogP contribution in [-0.2, 0) is 0 Å². The number of benzene rings is 2. The van der Waals surface area contributed by atoms with E-state index in [0.717, 1.165) is 25.4 Å². The van der Waals surface area contributed by atoms with E-state index in [1.165, 1.54) is 12.1 Å². The number of carbonyl (C=O) groups excluding carboxylic acids is 1. The van der Waals surface area contributed by atoms with Gasteiger partial charge in [0, 0.05) is 54.9 Å². The van der Waals surface area contributed by atoms with Crippen molar-refractivity contribution in [3.05, 3.63) is 68.7 Å². The minimum Gasteiger partial charge on any atom is -0.492 e. The van der Waals surface area contributed by atoms with Gasteiger partial charge in [0.15, 0.2) is 0 Å². The van der Waals surface area contributed by atoms with Gasteiger partial charge in [-0.2, -0.15) is 0 Å². The number of nitro benzene ring substituents is 1. The van der Waals surface area contributed by atoms with E-state index in [2.05, 4.69) is 4.90 Å². The lowest BCUT2D eigenvalue weighted by Gasteiger charge is -2.34. The minimum atomic E-state index is -0.436. The molecule has 8 heteroatoms. The van der Waals surface area contributed by atoms with E-state index in [1.54, 1.807) is 30.0 Å². The molecule has 1 saturated heterocycles. The molecule has 2 aromatic rings. The molecule has 148 valence electrons. The molecule has 7 nitrogen and oxygen atoms in total. The summed E-state index contributed by atoms with van der Waals surface area (Å²) in [6, 6.07) is 11.8. The number of halogens is 1. The van der Waals surface area contributed by atoms with Crippen molar-refractivity contribution in [2.75, 3.05) is 39.3 Å². The molecule has 0 spiro atoms. The maximum atomic E-state index is 12.7. The summed E-state index contributed by atoms with van der Waals surface area (Å²) >= 11 is 5.86. The van der Waals surface area contributed by atoms with Crippen LogP contribution in [0.4, 0.5) is 5.69 Å². The Bertz CT molecular complexity index is 849. The predicted molar refractivity (Wildman–Crippen MR) is 107 cm³/mol.